The molecule has 140 valence electrons. The summed E-state index contributed by atoms with van der Waals surface area (Å²) in [4.78, 5) is 10.9. The number of carbonyl (C=O) groups is 1. The van der Waals surface area contributed by atoms with E-state index in [0.29, 0.717) is 10.4 Å². The smallest absolute Gasteiger partial charge is 0.417 e. The SMILES string of the molecule is COC(=O)c1ccccc1N(C)S(=O)(=O)c1ccc(Br)cc1C(F)(F)F. The van der Waals surface area contributed by atoms with Crippen LogP contribution in [0.15, 0.2) is 51.8 Å². The van der Waals surface area contributed by atoms with Crippen LogP contribution in [-0.2, 0) is 20.9 Å². The maximum atomic E-state index is 13.3. The molecule has 0 aliphatic carbocycles. The number of carbonyl (C=O) groups excluding carboxylic acids is 1. The quantitative estimate of drug-likeness (QED) is 0.657. The molecule has 0 N–H and O–H groups in total. The normalized spacial score (nSPS) is 11.9. The van der Waals surface area contributed by atoms with Gasteiger partial charge in [-0.05, 0) is 30.3 Å². The van der Waals surface area contributed by atoms with Gasteiger partial charge < -0.3 is 4.74 Å². The fourth-order valence-electron chi connectivity index (χ4n) is 2.26. The highest BCUT2D eigenvalue weighted by molar-refractivity contribution is 9.10. The van der Waals surface area contributed by atoms with Crippen LogP contribution in [0.2, 0.25) is 0 Å². The molecule has 0 aromatic heterocycles. The van der Waals surface area contributed by atoms with Gasteiger partial charge in [0.05, 0.1) is 28.8 Å². The Balaban J connectivity index is 2.65. The molecular weight excluding hydrogens is 439 g/mol. The summed E-state index contributed by atoms with van der Waals surface area (Å²) in [5.41, 5.74) is -1.50. The number of sulfonamides is 1. The molecule has 0 heterocycles. The zero-order valence-electron chi connectivity index (χ0n) is 13.5. The van der Waals surface area contributed by atoms with Gasteiger partial charge in [0.25, 0.3) is 10.0 Å². The van der Waals surface area contributed by atoms with Crippen molar-refractivity contribution in [3.8, 4) is 0 Å². The van der Waals surface area contributed by atoms with Gasteiger partial charge in [-0.2, -0.15) is 13.2 Å². The van der Waals surface area contributed by atoms with Crippen LogP contribution in [0.4, 0.5) is 18.9 Å². The molecule has 5 nitrogen and oxygen atoms in total. The van der Waals surface area contributed by atoms with E-state index in [9.17, 15) is 26.4 Å². The first-order valence-corrected chi connectivity index (χ1v) is 9.26. The number of rotatable bonds is 4. The van der Waals surface area contributed by atoms with Crippen molar-refractivity contribution in [2.24, 2.45) is 0 Å². The summed E-state index contributed by atoms with van der Waals surface area (Å²) in [5, 5.41) is 0. The van der Waals surface area contributed by atoms with Crippen LogP contribution >= 0.6 is 15.9 Å². The third kappa shape index (κ3) is 3.85. The average Bonchev–Trinajstić information content (AvgIpc) is 2.59. The lowest BCUT2D eigenvalue weighted by Gasteiger charge is -2.23. The minimum Gasteiger partial charge on any atom is -0.465 e. The van der Waals surface area contributed by atoms with E-state index in [1.165, 1.54) is 30.3 Å². The summed E-state index contributed by atoms with van der Waals surface area (Å²) < 4.78 is 70.9. The second kappa shape index (κ2) is 7.28. The standard InChI is InChI=1S/C16H13BrF3NO4S/c1-21(13-6-4-3-5-11(13)15(22)25-2)26(23,24)14-8-7-10(17)9-12(14)16(18,19)20/h3-9H,1-2H3. The highest BCUT2D eigenvalue weighted by Crippen LogP contribution is 2.38. The van der Waals surface area contributed by atoms with E-state index in [4.69, 9.17) is 0 Å². The Morgan fingerprint density at radius 1 is 1.15 bits per heavy atom. The molecule has 0 saturated carbocycles. The molecule has 2 rings (SSSR count). The van der Waals surface area contributed by atoms with E-state index < -0.39 is 32.6 Å². The summed E-state index contributed by atoms with van der Waals surface area (Å²) >= 11 is 2.91. The number of halogens is 4. The third-order valence-corrected chi connectivity index (χ3v) is 5.86. The molecule has 0 radical (unpaired) electrons. The van der Waals surface area contributed by atoms with Crippen LogP contribution in [0.3, 0.4) is 0 Å². The first kappa shape index (κ1) is 20.2. The van der Waals surface area contributed by atoms with Crippen molar-refractivity contribution in [3.05, 3.63) is 58.1 Å². The zero-order chi connectivity index (χ0) is 19.7. The molecule has 0 amide bonds. The minimum absolute atomic E-state index is 0.0846. The second-order valence-corrected chi connectivity index (χ2v) is 7.97. The Bertz CT molecular complexity index is 945. The van der Waals surface area contributed by atoms with Gasteiger partial charge >= 0.3 is 12.1 Å². The Labute approximate surface area is 156 Å². The van der Waals surface area contributed by atoms with Crippen molar-refractivity contribution in [1.82, 2.24) is 0 Å². The zero-order valence-corrected chi connectivity index (χ0v) is 15.9. The fourth-order valence-corrected chi connectivity index (χ4v) is 4.02. The molecule has 0 bridgehead atoms. The Morgan fingerprint density at radius 2 is 1.77 bits per heavy atom. The molecule has 0 saturated heterocycles. The van der Waals surface area contributed by atoms with Gasteiger partial charge in [-0.3, -0.25) is 4.31 Å². The van der Waals surface area contributed by atoms with Gasteiger partial charge in [-0.25, -0.2) is 13.2 Å². The molecule has 2 aromatic rings. The maximum Gasteiger partial charge on any atom is 0.417 e. The fraction of sp³-hybridized carbons (Fsp3) is 0.188. The van der Waals surface area contributed by atoms with E-state index in [0.717, 1.165) is 20.2 Å². The molecule has 0 aliphatic rings. The molecule has 0 fully saturated rings. The number of hydrogen-bond acceptors (Lipinski definition) is 4. The van der Waals surface area contributed by atoms with Crippen molar-refractivity contribution in [1.29, 1.82) is 0 Å². The van der Waals surface area contributed by atoms with Gasteiger partial charge in [-0.15, -0.1) is 0 Å². The summed E-state index contributed by atoms with van der Waals surface area (Å²) in [7, 11) is -2.42. The topological polar surface area (TPSA) is 63.7 Å². The van der Waals surface area contributed by atoms with Gasteiger partial charge in [0, 0.05) is 11.5 Å². The molecule has 0 aliphatic heterocycles. The first-order chi connectivity index (χ1) is 12.0. The Kier molecular flexibility index (Phi) is 5.67. The maximum absolute atomic E-state index is 13.3. The lowest BCUT2D eigenvalue weighted by molar-refractivity contribution is -0.139. The predicted molar refractivity (Wildman–Crippen MR) is 92.5 cm³/mol. The van der Waals surface area contributed by atoms with Crippen molar-refractivity contribution in [3.63, 3.8) is 0 Å². The number of esters is 1. The highest BCUT2D eigenvalue weighted by atomic mass is 79.9. The number of anilines is 1. The van der Waals surface area contributed by atoms with Crippen molar-refractivity contribution >= 4 is 37.6 Å². The number of para-hydroxylation sites is 1. The minimum atomic E-state index is -4.88. The van der Waals surface area contributed by atoms with E-state index in [2.05, 4.69) is 20.7 Å². The largest absolute Gasteiger partial charge is 0.465 e. The van der Waals surface area contributed by atoms with Crippen molar-refractivity contribution < 1.29 is 31.1 Å². The summed E-state index contributed by atoms with van der Waals surface area (Å²) in [6.07, 6.45) is -4.88. The average molecular weight is 452 g/mol. The predicted octanol–water partition coefficient (Wildman–Crippen LogP) is 4.08. The molecule has 2 aromatic carbocycles. The van der Waals surface area contributed by atoms with Gasteiger partial charge in [-0.1, -0.05) is 28.1 Å². The van der Waals surface area contributed by atoms with Crippen molar-refractivity contribution in [2.45, 2.75) is 11.1 Å². The summed E-state index contributed by atoms with van der Waals surface area (Å²) in [6, 6.07) is 8.31. The lowest BCUT2D eigenvalue weighted by Crippen LogP contribution is -2.30. The molecule has 0 unspecified atom stereocenters. The number of hydrogen-bond donors (Lipinski definition) is 0. The van der Waals surface area contributed by atoms with Crippen molar-refractivity contribution in [2.75, 3.05) is 18.5 Å². The monoisotopic (exact) mass is 451 g/mol. The van der Waals surface area contributed by atoms with E-state index in [-0.39, 0.29) is 15.7 Å². The van der Waals surface area contributed by atoms with Gasteiger partial charge in [0.1, 0.15) is 0 Å². The van der Waals surface area contributed by atoms with E-state index >= 15 is 0 Å². The molecule has 0 atom stereocenters. The van der Waals surface area contributed by atoms with Crippen LogP contribution < -0.4 is 4.31 Å². The Hall–Kier alpha value is -2.07. The first-order valence-electron chi connectivity index (χ1n) is 7.03. The molecule has 26 heavy (non-hydrogen) atoms. The number of ether oxygens (including phenoxy) is 1. The van der Waals surface area contributed by atoms with Crippen LogP contribution in [0, 0.1) is 0 Å². The van der Waals surface area contributed by atoms with E-state index in [1.807, 2.05) is 0 Å². The van der Waals surface area contributed by atoms with Gasteiger partial charge in [0.2, 0.25) is 0 Å². The second-order valence-electron chi connectivity index (χ2n) is 5.12. The summed E-state index contributed by atoms with van der Waals surface area (Å²) in [5.74, 6) is -0.811. The van der Waals surface area contributed by atoms with Crippen LogP contribution in [0.1, 0.15) is 15.9 Å². The van der Waals surface area contributed by atoms with Crippen LogP contribution in [-0.4, -0.2) is 28.5 Å². The molecule has 0 spiro atoms. The number of methoxy groups -OCH3 is 1. The van der Waals surface area contributed by atoms with Crippen LogP contribution in [0.5, 0.6) is 0 Å². The van der Waals surface area contributed by atoms with Gasteiger partial charge in [0.15, 0.2) is 0 Å². The molecular formula is C16H13BrF3NO4S. The highest BCUT2D eigenvalue weighted by Gasteiger charge is 2.39. The lowest BCUT2D eigenvalue weighted by atomic mass is 10.2. The third-order valence-electron chi connectivity index (χ3n) is 3.53. The van der Waals surface area contributed by atoms with E-state index in [1.54, 1.807) is 0 Å². The summed E-state index contributed by atoms with van der Waals surface area (Å²) in [6.45, 7) is 0. The number of nitrogens with zero attached hydrogens (tertiary/aromatic N) is 1. The Morgan fingerprint density at radius 3 is 2.35 bits per heavy atom. The van der Waals surface area contributed by atoms with Crippen LogP contribution in [0.25, 0.3) is 0 Å². The molecule has 10 heteroatoms. The number of benzene rings is 2. The number of alkyl halides is 3.